The molecule has 0 bridgehead atoms. The molecule has 0 radical (unpaired) electrons. The van der Waals surface area contributed by atoms with Gasteiger partial charge in [-0.15, -0.1) is 12.4 Å². The lowest BCUT2D eigenvalue weighted by Crippen LogP contribution is -1.94. The summed E-state index contributed by atoms with van der Waals surface area (Å²) in [6, 6.07) is 3.95. The van der Waals surface area contributed by atoms with Crippen molar-refractivity contribution in [1.82, 2.24) is 9.61 Å². The highest BCUT2D eigenvalue weighted by Crippen LogP contribution is 2.14. The van der Waals surface area contributed by atoms with Gasteiger partial charge in [0, 0.05) is 11.9 Å². The SMILES string of the molecule is Cc1cc2cc(N)c(C)cn2n1.Cl. The molecule has 2 aromatic rings. The molecule has 3 nitrogen and oxygen atoms in total. The maximum Gasteiger partial charge on any atom is 0.0685 e. The van der Waals surface area contributed by atoms with E-state index in [1.165, 1.54) is 0 Å². The van der Waals surface area contributed by atoms with Crippen LogP contribution in [0.2, 0.25) is 0 Å². The third-order valence-corrected chi connectivity index (χ3v) is 1.96. The summed E-state index contributed by atoms with van der Waals surface area (Å²) in [4.78, 5) is 0. The first-order chi connectivity index (χ1) is 5.66. The van der Waals surface area contributed by atoms with E-state index in [-0.39, 0.29) is 12.4 Å². The monoisotopic (exact) mass is 197 g/mol. The van der Waals surface area contributed by atoms with Crippen molar-refractivity contribution >= 4 is 23.6 Å². The number of fused-ring (bicyclic) bond motifs is 1. The highest BCUT2D eigenvalue weighted by Gasteiger charge is 1.99. The van der Waals surface area contributed by atoms with Crippen LogP contribution in [0.5, 0.6) is 0 Å². The van der Waals surface area contributed by atoms with Gasteiger partial charge < -0.3 is 5.73 Å². The fourth-order valence-electron chi connectivity index (χ4n) is 1.28. The van der Waals surface area contributed by atoms with E-state index in [1.807, 2.05) is 36.7 Å². The van der Waals surface area contributed by atoms with E-state index in [9.17, 15) is 0 Å². The van der Waals surface area contributed by atoms with Gasteiger partial charge in [-0.25, -0.2) is 4.52 Å². The Morgan fingerprint density at radius 1 is 1.31 bits per heavy atom. The lowest BCUT2D eigenvalue weighted by atomic mass is 10.2. The van der Waals surface area contributed by atoms with Gasteiger partial charge in [-0.05, 0) is 31.5 Å². The second kappa shape index (κ2) is 3.26. The zero-order valence-electron chi connectivity index (χ0n) is 7.61. The number of aromatic nitrogens is 2. The first kappa shape index (κ1) is 9.86. The molecule has 0 aliphatic rings. The Balaban J connectivity index is 0.000000845. The van der Waals surface area contributed by atoms with Gasteiger partial charge in [0.05, 0.1) is 11.2 Å². The number of hydrogen-bond acceptors (Lipinski definition) is 2. The molecule has 0 amide bonds. The fraction of sp³-hybridized carbons (Fsp3) is 0.222. The summed E-state index contributed by atoms with van der Waals surface area (Å²) in [5, 5.41) is 4.28. The van der Waals surface area contributed by atoms with Crippen molar-refractivity contribution in [3.05, 3.63) is 29.6 Å². The number of nitrogen functional groups attached to an aromatic ring is 1. The van der Waals surface area contributed by atoms with Crippen LogP contribution in [0.4, 0.5) is 5.69 Å². The van der Waals surface area contributed by atoms with Crippen molar-refractivity contribution < 1.29 is 0 Å². The molecule has 0 aliphatic carbocycles. The average molecular weight is 198 g/mol. The van der Waals surface area contributed by atoms with E-state index in [4.69, 9.17) is 5.73 Å². The Bertz CT molecular complexity index is 395. The standard InChI is InChI=1S/C9H11N3.ClH/c1-6-5-12-8(4-9(6)10)3-7(2)11-12;/h3-5H,10H2,1-2H3;1H. The molecule has 2 N–H and O–H groups in total. The Hall–Kier alpha value is -1.22. The van der Waals surface area contributed by atoms with Crippen LogP contribution in [-0.4, -0.2) is 9.61 Å². The third kappa shape index (κ3) is 1.60. The van der Waals surface area contributed by atoms with Crippen molar-refractivity contribution in [3.8, 4) is 0 Å². The minimum absolute atomic E-state index is 0. The number of nitrogens with two attached hydrogens (primary N) is 1. The minimum Gasteiger partial charge on any atom is -0.398 e. The maximum atomic E-state index is 5.75. The lowest BCUT2D eigenvalue weighted by molar-refractivity contribution is 0.927. The number of halogens is 1. The van der Waals surface area contributed by atoms with Crippen LogP contribution in [0.25, 0.3) is 5.52 Å². The lowest BCUT2D eigenvalue weighted by Gasteiger charge is -1.99. The number of hydrogen-bond donors (Lipinski definition) is 1. The van der Waals surface area contributed by atoms with Crippen LogP contribution in [-0.2, 0) is 0 Å². The van der Waals surface area contributed by atoms with Crippen LogP contribution in [0.1, 0.15) is 11.3 Å². The van der Waals surface area contributed by atoms with Gasteiger partial charge in [0.25, 0.3) is 0 Å². The van der Waals surface area contributed by atoms with E-state index in [2.05, 4.69) is 5.10 Å². The molecule has 2 heterocycles. The molecule has 0 saturated heterocycles. The molecule has 70 valence electrons. The largest absolute Gasteiger partial charge is 0.398 e. The Morgan fingerprint density at radius 2 is 2.00 bits per heavy atom. The van der Waals surface area contributed by atoms with Crippen LogP contribution in [0, 0.1) is 13.8 Å². The summed E-state index contributed by atoms with van der Waals surface area (Å²) in [6.07, 6.45) is 1.94. The van der Waals surface area contributed by atoms with Gasteiger partial charge in [-0.3, -0.25) is 0 Å². The van der Waals surface area contributed by atoms with E-state index in [0.29, 0.717) is 0 Å². The van der Waals surface area contributed by atoms with Crippen molar-refractivity contribution in [1.29, 1.82) is 0 Å². The van der Waals surface area contributed by atoms with Crippen LogP contribution < -0.4 is 5.73 Å². The molecule has 0 saturated carbocycles. The highest BCUT2D eigenvalue weighted by atomic mass is 35.5. The molecule has 0 aromatic carbocycles. The number of anilines is 1. The van der Waals surface area contributed by atoms with Gasteiger partial charge in [0.2, 0.25) is 0 Å². The summed E-state index contributed by atoms with van der Waals surface area (Å²) in [7, 11) is 0. The Kier molecular flexibility index (Phi) is 2.48. The molecule has 13 heavy (non-hydrogen) atoms. The van der Waals surface area contributed by atoms with Crippen molar-refractivity contribution in [2.75, 3.05) is 5.73 Å². The topological polar surface area (TPSA) is 43.3 Å². The number of aryl methyl sites for hydroxylation is 2. The molecule has 0 fully saturated rings. The molecule has 0 spiro atoms. The predicted octanol–water partition coefficient (Wildman–Crippen LogP) is 1.96. The molecular formula is C9H12ClN3. The quantitative estimate of drug-likeness (QED) is 0.702. The van der Waals surface area contributed by atoms with E-state index in [1.54, 1.807) is 0 Å². The second-order valence-electron chi connectivity index (χ2n) is 3.07. The van der Waals surface area contributed by atoms with Crippen LogP contribution in [0.15, 0.2) is 18.3 Å². The van der Waals surface area contributed by atoms with Gasteiger partial charge in [0.15, 0.2) is 0 Å². The molecule has 0 aliphatic heterocycles. The summed E-state index contributed by atoms with van der Waals surface area (Å²) in [5.74, 6) is 0. The van der Waals surface area contributed by atoms with Crippen molar-refractivity contribution in [2.24, 2.45) is 0 Å². The number of rotatable bonds is 0. The maximum absolute atomic E-state index is 5.75. The summed E-state index contributed by atoms with van der Waals surface area (Å²) < 4.78 is 1.85. The summed E-state index contributed by atoms with van der Waals surface area (Å²) in [6.45, 7) is 3.95. The van der Waals surface area contributed by atoms with Crippen LogP contribution in [0.3, 0.4) is 0 Å². The van der Waals surface area contributed by atoms with Crippen molar-refractivity contribution in [3.63, 3.8) is 0 Å². The molecule has 0 atom stereocenters. The smallest absolute Gasteiger partial charge is 0.0685 e. The predicted molar refractivity (Wildman–Crippen MR) is 56.3 cm³/mol. The molecule has 4 heteroatoms. The first-order valence-electron chi connectivity index (χ1n) is 3.89. The highest BCUT2D eigenvalue weighted by molar-refractivity contribution is 5.85. The molecule has 2 aromatic heterocycles. The van der Waals surface area contributed by atoms with Crippen LogP contribution >= 0.6 is 12.4 Å². The second-order valence-corrected chi connectivity index (χ2v) is 3.07. The average Bonchev–Trinajstić information content (AvgIpc) is 2.30. The van der Waals surface area contributed by atoms with Crippen molar-refractivity contribution in [2.45, 2.75) is 13.8 Å². The summed E-state index contributed by atoms with van der Waals surface area (Å²) in [5.41, 5.74) is 9.70. The zero-order valence-corrected chi connectivity index (χ0v) is 8.43. The van der Waals surface area contributed by atoms with Gasteiger partial charge in [-0.1, -0.05) is 0 Å². The Labute approximate surface area is 83.0 Å². The molecule has 2 rings (SSSR count). The summed E-state index contributed by atoms with van der Waals surface area (Å²) >= 11 is 0. The number of nitrogens with zero attached hydrogens (tertiary/aromatic N) is 2. The first-order valence-corrected chi connectivity index (χ1v) is 3.89. The normalized spacial score (nSPS) is 10.0. The molecular weight excluding hydrogens is 186 g/mol. The third-order valence-electron chi connectivity index (χ3n) is 1.96. The minimum atomic E-state index is 0. The fourth-order valence-corrected chi connectivity index (χ4v) is 1.28. The van der Waals surface area contributed by atoms with E-state index in [0.717, 1.165) is 22.5 Å². The van der Waals surface area contributed by atoms with Gasteiger partial charge in [-0.2, -0.15) is 5.10 Å². The zero-order chi connectivity index (χ0) is 8.72. The van der Waals surface area contributed by atoms with Gasteiger partial charge in [0.1, 0.15) is 0 Å². The molecule has 0 unspecified atom stereocenters. The van der Waals surface area contributed by atoms with E-state index >= 15 is 0 Å². The van der Waals surface area contributed by atoms with Gasteiger partial charge >= 0.3 is 0 Å². The Morgan fingerprint density at radius 3 is 2.69 bits per heavy atom. The van der Waals surface area contributed by atoms with E-state index < -0.39 is 0 Å². The number of pyridine rings is 1.